The van der Waals surface area contributed by atoms with Gasteiger partial charge in [0.25, 0.3) is 0 Å². The van der Waals surface area contributed by atoms with E-state index >= 15 is 0 Å². The van der Waals surface area contributed by atoms with Crippen molar-refractivity contribution >= 4 is 34.9 Å². The van der Waals surface area contributed by atoms with Crippen LogP contribution in [0.25, 0.3) is 0 Å². The normalized spacial score (nSPS) is 10.3. The maximum absolute atomic E-state index is 13.7. The zero-order chi connectivity index (χ0) is 15.4. The second-order valence-corrected chi connectivity index (χ2v) is 5.34. The number of carbonyl (C=O) groups excluding carboxylic acids is 1. The third-order valence-electron chi connectivity index (χ3n) is 2.90. The zero-order valence-electron chi connectivity index (χ0n) is 11.2. The molecule has 6 heteroatoms. The van der Waals surface area contributed by atoms with Crippen LogP contribution < -0.4 is 5.32 Å². The summed E-state index contributed by atoms with van der Waals surface area (Å²) in [5.74, 6) is -0.436. The third-order valence-corrected chi connectivity index (χ3v) is 3.51. The van der Waals surface area contributed by atoms with E-state index in [1.807, 2.05) is 0 Å². The number of hydrogen-bond donors (Lipinski definition) is 1. The van der Waals surface area contributed by atoms with E-state index < -0.39 is 5.82 Å². The van der Waals surface area contributed by atoms with Gasteiger partial charge in [-0.1, -0.05) is 29.3 Å². The summed E-state index contributed by atoms with van der Waals surface area (Å²) < 4.78 is 13.7. The van der Waals surface area contributed by atoms with Crippen molar-refractivity contribution in [2.24, 2.45) is 0 Å². The van der Waals surface area contributed by atoms with Gasteiger partial charge in [-0.05, 0) is 36.4 Å². The molecule has 21 heavy (non-hydrogen) atoms. The van der Waals surface area contributed by atoms with Crippen LogP contribution in [0.1, 0.15) is 5.56 Å². The first-order valence-corrected chi connectivity index (χ1v) is 6.93. The summed E-state index contributed by atoms with van der Waals surface area (Å²) >= 11 is 11.7. The second-order valence-electron chi connectivity index (χ2n) is 4.49. The molecule has 0 bridgehead atoms. The molecule has 1 N–H and O–H groups in total. The fraction of sp³-hybridized carbons (Fsp3) is 0.133. The minimum absolute atomic E-state index is 0.0743. The maximum Gasteiger partial charge on any atom is 0.321 e. The summed E-state index contributed by atoms with van der Waals surface area (Å²) in [6.07, 6.45) is 0. The number of anilines is 1. The Morgan fingerprint density at radius 3 is 2.48 bits per heavy atom. The molecule has 3 nitrogen and oxygen atoms in total. The first-order chi connectivity index (χ1) is 9.97. The Labute approximate surface area is 132 Å². The monoisotopic (exact) mass is 326 g/mol. The maximum atomic E-state index is 13.7. The van der Waals surface area contributed by atoms with Gasteiger partial charge in [-0.25, -0.2) is 9.18 Å². The number of urea groups is 1. The van der Waals surface area contributed by atoms with Crippen LogP contribution in [0.5, 0.6) is 0 Å². The molecule has 0 aromatic heterocycles. The third kappa shape index (κ3) is 4.09. The number of halogens is 3. The molecule has 0 spiro atoms. The Balaban J connectivity index is 2.04. The van der Waals surface area contributed by atoms with Crippen molar-refractivity contribution in [1.82, 2.24) is 4.90 Å². The summed E-state index contributed by atoms with van der Waals surface area (Å²) in [5.41, 5.74) is 0.892. The van der Waals surface area contributed by atoms with Gasteiger partial charge in [0.2, 0.25) is 0 Å². The van der Waals surface area contributed by atoms with Gasteiger partial charge in [-0.2, -0.15) is 0 Å². The van der Waals surface area contributed by atoms with Crippen LogP contribution >= 0.6 is 23.2 Å². The van der Waals surface area contributed by atoms with Gasteiger partial charge in [0.05, 0.1) is 6.54 Å². The van der Waals surface area contributed by atoms with Crippen molar-refractivity contribution in [3.63, 3.8) is 0 Å². The summed E-state index contributed by atoms with van der Waals surface area (Å²) in [7, 11) is 1.56. The van der Waals surface area contributed by atoms with E-state index in [4.69, 9.17) is 23.2 Å². The molecule has 2 aromatic carbocycles. The summed E-state index contributed by atoms with van der Waals surface area (Å²) in [6.45, 7) is 0.0743. The number of nitrogens with zero attached hydrogens (tertiary/aromatic N) is 1. The van der Waals surface area contributed by atoms with E-state index in [9.17, 15) is 9.18 Å². The molecular weight excluding hydrogens is 314 g/mol. The summed E-state index contributed by atoms with van der Waals surface area (Å²) in [6, 6.07) is 10.8. The minimum Gasteiger partial charge on any atom is -0.323 e. The van der Waals surface area contributed by atoms with Gasteiger partial charge >= 0.3 is 6.03 Å². The average Bonchev–Trinajstić information content (AvgIpc) is 2.45. The first kappa shape index (κ1) is 15.6. The van der Waals surface area contributed by atoms with Crippen LogP contribution in [0, 0.1) is 5.82 Å². The van der Waals surface area contributed by atoms with Crippen LogP contribution in [0.15, 0.2) is 42.5 Å². The molecule has 0 fully saturated rings. The predicted molar refractivity (Wildman–Crippen MR) is 83.3 cm³/mol. The molecule has 0 aliphatic carbocycles. The number of rotatable bonds is 3. The van der Waals surface area contributed by atoms with Gasteiger partial charge in [0.15, 0.2) is 0 Å². The number of nitrogens with one attached hydrogen (secondary N) is 1. The van der Waals surface area contributed by atoms with Crippen molar-refractivity contribution in [2.45, 2.75) is 6.54 Å². The molecule has 0 aliphatic rings. The lowest BCUT2D eigenvalue weighted by molar-refractivity contribution is 0.220. The highest BCUT2D eigenvalue weighted by Gasteiger charge is 2.14. The van der Waals surface area contributed by atoms with Crippen molar-refractivity contribution in [3.05, 3.63) is 63.9 Å². The van der Waals surface area contributed by atoms with E-state index in [-0.39, 0.29) is 18.1 Å². The van der Waals surface area contributed by atoms with E-state index in [2.05, 4.69) is 5.32 Å². The van der Waals surface area contributed by atoms with Gasteiger partial charge in [0.1, 0.15) is 5.82 Å². The second kappa shape index (κ2) is 6.78. The van der Waals surface area contributed by atoms with Crippen molar-refractivity contribution in [3.8, 4) is 0 Å². The van der Waals surface area contributed by atoms with Gasteiger partial charge in [-0.15, -0.1) is 0 Å². The number of benzene rings is 2. The van der Waals surface area contributed by atoms with Gasteiger partial charge in [0, 0.05) is 28.3 Å². The van der Waals surface area contributed by atoms with E-state index in [0.29, 0.717) is 15.7 Å². The topological polar surface area (TPSA) is 32.3 Å². The summed E-state index contributed by atoms with van der Waals surface area (Å²) in [5, 5.41) is 3.57. The summed E-state index contributed by atoms with van der Waals surface area (Å²) in [4.78, 5) is 13.4. The lowest BCUT2D eigenvalue weighted by atomic mass is 10.2. The van der Waals surface area contributed by atoms with Crippen molar-refractivity contribution < 1.29 is 9.18 Å². The van der Waals surface area contributed by atoms with Crippen LogP contribution in [0.4, 0.5) is 14.9 Å². The van der Waals surface area contributed by atoms with Crippen LogP contribution in [0.2, 0.25) is 10.0 Å². The molecule has 0 aliphatic heterocycles. The molecule has 2 aromatic rings. The molecule has 0 heterocycles. The number of hydrogen-bond acceptors (Lipinski definition) is 1. The number of carbonyl (C=O) groups is 1. The Morgan fingerprint density at radius 2 is 1.86 bits per heavy atom. The van der Waals surface area contributed by atoms with E-state index in [1.165, 1.54) is 17.0 Å². The fourth-order valence-corrected chi connectivity index (χ4v) is 2.09. The zero-order valence-corrected chi connectivity index (χ0v) is 12.7. The highest BCUT2D eigenvalue weighted by atomic mass is 35.5. The molecule has 0 radical (unpaired) electrons. The molecule has 0 unspecified atom stereocenters. The smallest absolute Gasteiger partial charge is 0.321 e. The molecular formula is C15H13Cl2FN2O. The molecule has 2 amide bonds. The standard InChI is InChI=1S/C15H13Cl2FN2O/c1-20(9-12-13(17)3-2-4-14(12)18)15(21)19-11-7-5-10(16)6-8-11/h2-8H,9H2,1H3,(H,19,21). The van der Waals surface area contributed by atoms with E-state index in [1.54, 1.807) is 37.4 Å². The average molecular weight is 327 g/mol. The Hall–Kier alpha value is -1.78. The first-order valence-electron chi connectivity index (χ1n) is 6.18. The molecule has 0 saturated heterocycles. The number of amides is 2. The quantitative estimate of drug-likeness (QED) is 0.863. The van der Waals surface area contributed by atoms with E-state index in [0.717, 1.165) is 0 Å². The largest absolute Gasteiger partial charge is 0.323 e. The highest BCUT2D eigenvalue weighted by Crippen LogP contribution is 2.21. The predicted octanol–water partition coefficient (Wildman–Crippen LogP) is 4.80. The lowest BCUT2D eigenvalue weighted by Crippen LogP contribution is -2.31. The van der Waals surface area contributed by atoms with Gasteiger partial charge < -0.3 is 10.2 Å². The minimum atomic E-state index is -0.436. The lowest BCUT2D eigenvalue weighted by Gasteiger charge is -2.19. The van der Waals surface area contributed by atoms with Crippen LogP contribution in [0.3, 0.4) is 0 Å². The fourth-order valence-electron chi connectivity index (χ4n) is 1.74. The molecule has 0 atom stereocenters. The molecule has 110 valence electrons. The highest BCUT2D eigenvalue weighted by molar-refractivity contribution is 6.31. The van der Waals surface area contributed by atoms with Crippen molar-refractivity contribution in [1.29, 1.82) is 0 Å². The van der Waals surface area contributed by atoms with Gasteiger partial charge in [-0.3, -0.25) is 0 Å². The Kier molecular flexibility index (Phi) is 5.04. The molecule has 0 saturated carbocycles. The van der Waals surface area contributed by atoms with Crippen LogP contribution in [-0.2, 0) is 6.54 Å². The van der Waals surface area contributed by atoms with Crippen molar-refractivity contribution in [2.75, 3.05) is 12.4 Å². The SMILES string of the molecule is CN(Cc1c(F)cccc1Cl)C(=O)Nc1ccc(Cl)cc1. The Morgan fingerprint density at radius 1 is 1.19 bits per heavy atom. The Bertz CT molecular complexity index is 626. The van der Waals surface area contributed by atoms with Crippen LogP contribution in [-0.4, -0.2) is 18.0 Å². The molecule has 2 rings (SSSR count).